The van der Waals surface area contributed by atoms with Crippen LogP contribution in [0.3, 0.4) is 0 Å². The number of carbonyl (C=O) groups excluding carboxylic acids is 1. The fraction of sp³-hybridized carbons (Fsp3) is 0.583. The second-order valence-corrected chi connectivity index (χ2v) is 7.34. The van der Waals surface area contributed by atoms with E-state index in [0.717, 1.165) is 39.3 Å². The van der Waals surface area contributed by atoms with Crippen molar-refractivity contribution in [3.8, 4) is 0 Å². The molecule has 1 rings (SSSR count). The van der Waals surface area contributed by atoms with Gasteiger partial charge in [-0.25, -0.2) is 0 Å². The molecule has 0 aromatic carbocycles. The minimum Gasteiger partial charge on any atom is -0.368 e. The zero-order chi connectivity index (χ0) is 14.4. The van der Waals surface area contributed by atoms with Crippen molar-refractivity contribution in [3.05, 3.63) is 19.2 Å². The Hall–Kier alpha value is 0.0500. The highest BCUT2D eigenvalue weighted by Crippen LogP contribution is 2.35. The summed E-state index contributed by atoms with van der Waals surface area (Å²) in [7, 11) is 0. The van der Waals surface area contributed by atoms with Crippen molar-refractivity contribution >= 4 is 49.1 Å². The maximum Gasteiger partial charge on any atom is 0.239 e. The Morgan fingerprint density at radius 1 is 1.47 bits per heavy atom. The highest BCUT2D eigenvalue weighted by Gasteiger charge is 2.20. The van der Waals surface area contributed by atoms with Gasteiger partial charge in [-0.2, -0.15) is 0 Å². The van der Waals surface area contributed by atoms with E-state index in [1.54, 1.807) is 0 Å². The monoisotopic (exact) mass is 411 g/mol. The molecule has 0 aliphatic heterocycles. The van der Waals surface area contributed by atoms with Crippen LogP contribution in [0.5, 0.6) is 0 Å². The molecule has 4 nitrogen and oxygen atoms in total. The van der Waals surface area contributed by atoms with Crippen LogP contribution in [0.25, 0.3) is 0 Å². The lowest BCUT2D eigenvalue weighted by Gasteiger charge is -2.20. The van der Waals surface area contributed by atoms with E-state index < -0.39 is 6.04 Å². The fourth-order valence-electron chi connectivity index (χ4n) is 1.75. The van der Waals surface area contributed by atoms with Gasteiger partial charge in [0.1, 0.15) is 6.04 Å². The van der Waals surface area contributed by atoms with Crippen molar-refractivity contribution in [3.63, 3.8) is 0 Å². The number of hydrogen-bond acceptors (Lipinski definition) is 4. The molecule has 108 valence electrons. The first-order chi connectivity index (χ1) is 8.99. The van der Waals surface area contributed by atoms with Crippen molar-refractivity contribution < 1.29 is 4.79 Å². The minimum atomic E-state index is -0.428. The highest BCUT2D eigenvalue weighted by atomic mass is 79.9. The summed E-state index contributed by atoms with van der Waals surface area (Å²) in [5, 5.41) is 3.23. The molecule has 1 amide bonds. The number of halogens is 2. The predicted molar refractivity (Wildman–Crippen MR) is 87.4 cm³/mol. The van der Waals surface area contributed by atoms with Gasteiger partial charge < -0.3 is 16.0 Å². The van der Waals surface area contributed by atoms with E-state index in [-0.39, 0.29) is 5.91 Å². The van der Waals surface area contributed by atoms with Crippen LogP contribution in [0.1, 0.15) is 24.8 Å². The van der Waals surface area contributed by atoms with Crippen LogP contribution in [0.15, 0.2) is 14.3 Å². The van der Waals surface area contributed by atoms with E-state index in [1.165, 1.54) is 11.3 Å². The molecule has 0 saturated heterocycles. The number of carbonyl (C=O) groups is 1. The molecular weight excluding hydrogens is 394 g/mol. The first kappa shape index (κ1) is 17.1. The van der Waals surface area contributed by atoms with Crippen LogP contribution < -0.4 is 11.1 Å². The van der Waals surface area contributed by atoms with Gasteiger partial charge in [0.15, 0.2) is 0 Å². The molecule has 0 fully saturated rings. The van der Waals surface area contributed by atoms with E-state index in [2.05, 4.69) is 55.9 Å². The molecule has 3 N–H and O–H groups in total. The number of rotatable bonds is 8. The lowest BCUT2D eigenvalue weighted by atomic mass is 10.2. The molecule has 0 aliphatic carbocycles. The number of hydrogen-bond donors (Lipinski definition) is 2. The normalized spacial score (nSPS) is 12.9. The number of nitrogens with two attached hydrogens (primary N) is 1. The number of primary amides is 1. The highest BCUT2D eigenvalue weighted by molar-refractivity contribution is 9.13. The van der Waals surface area contributed by atoms with Crippen molar-refractivity contribution in [2.24, 2.45) is 5.73 Å². The molecule has 0 spiro atoms. The Kier molecular flexibility index (Phi) is 7.53. The summed E-state index contributed by atoms with van der Waals surface area (Å²) < 4.78 is 1.92. The van der Waals surface area contributed by atoms with Crippen LogP contribution in [-0.4, -0.2) is 37.0 Å². The summed E-state index contributed by atoms with van der Waals surface area (Å²) in [5.41, 5.74) is 5.47. The molecule has 1 aromatic rings. The van der Waals surface area contributed by atoms with E-state index in [1.807, 2.05) is 6.07 Å². The van der Waals surface area contributed by atoms with Gasteiger partial charge in [-0.1, -0.05) is 13.8 Å². The molecule has 1 atom stereocenters. The topological polar surface area (TPSA) is 58.4 Å². The van der Waals surface area contributed by atoms with Crippen LogP contribution in [0.2, 0.25) is 0 Å². The maximum absolute atomic E-state index is 11.6. The molecule has 0 aliphatic rings. The van der Waals surface area contributed by atoms with Gasteiger partial charge in [0.2, 0.25) is 5.91 Å². The van der Waals surface area contributed by atoms with Crippen LogP contribution in [0, 0.1) is 0 Å². The van der Waals surface area contributed by atoms with E-state index in [0.29, 0.717) is 0 Å². The number of amides is 1. The van der Waals surface area contributed by atoms with E-state index >= 15 is 0 Å². The average Bonchev–Trinajstić information content (AvgIpc) is 2.69. The fourth-order valence-corrected chi connectivity index (χ4v) is 3.93. The summed E-state index contributed by atoms with van der Waals surface area (Å²) >= 11 is 8.37. The Bertz CT molecular complexity index is 402. The number of nitrogens with one attached hydrogen (secondary N) is 1. The third-order valence-electron chi connectivity index (χ3n) is 2.90. The van der Waals surface area contributed by atoms with Crippen LogP contribution in [0.4, 0.5) is 0 Å². The SMILES string of the molecule is CCN(CC)CCNC(C(N)=O)c1cc(Br)c(Br)s1. The number of nitrogens with zero attached hydrogens (tertiary/aromatic N) is 1. The first-order valence-corrected chi connectivity index (χ1v) is 8.59. The molecule has 19 heavy (non-hydrogen) atoms. The van der Waals surface area contributed by atoms with Crippen molar-refractivity contribution in [1.29, 1.82) is 0 Å². The molecule has 0 radical (unpaired) electrons. The zero-order valence-electron chi connectivity index (χ0n) is 11.1. The summed E-state index contributed by atoms with van der Waals surface area (Å²) in [4.78, 5) is 14.8. The van der Waals surface area contributed by atoms with Crippen molar-refractivity contribution in [2.45, 2.75) is 19.9 Å². The van der Waals surface area contributed by atoms with Gasteiger partial charge in [-0.3, -0.25) is 4.79 Å². The molecule has 1 heterocycles. The molecule has 1 unspecified atom stereocenters. The Morgan fingerprint density at radius 3 is 2.53 bits per heavy atom. The standard InChI is InChI=1S/C12H19Br2N3OS/c1-3-17(4-2)6-5-16-10(12(15)18)9-7-8(13)11(14)19-9/h7,10,16H,3-6H2,1-2H3,(H2,15,18). The Morgan fingerprint density at radius 2 is 2.11 bits per heavy atom. The third-order valence-corrected chi connectivity index (χ3v) is 6.23. The summed E-state index contributed by atoms with van der Waals surface area (Å²) in [6, 6.07) is 1.50. The minimum absolute atomic E-state index is 0.346. The van der Waals surface area contributed by atoms with Crippen LogP contribution >= 0.6 is 43.2 Å². The third kappa shape index (κ3) is 5.15. The van der Waals surface area contributed by atoms with Gasteiger partial charge >= 0.3 is 0 Å². The smallest absolute Gasteiger partial charge is 0.239 e. The van der Waals surface area contributed by atoms with Crippen LogP contribution in [-0.2, 0) is 4.79 Å². The predicted octanol–water partition coefficient (Wildman–Crippen LogP) is 2.73. The van der Waals surface area contributed by atoms with Gasteiger partial charge in [-0.15, -0.1) is 11.3 Å². The Labute approximate surface area is 135 Å². The summed E-state index contributed by atoms with van der Waals surface area (Å²) in [5.74, 6) is -0.346. The van der Waals surface area contributed by atoms with Gasteiger partial charge in [-0.05, 0) is 51.0 Å². The largest absolute Gasteiger partial charge is 0.368 e. The van der Waals surface area contributed by atoms with Gasteiger partial charge in [0.05, 0.1) is 3.79 Å². The zero-order valence-corrected chi connectivity index (χ0v) is 15.1. The number of thiophene rings is 1. The summed E-state index contributed by atoms with van der Waals surface area (Å²) in [6.45, 7) is 7.92. The molecule has 1 aromatic heterocycles. The van der Waals surface area contributed by atoms with Gasteiger partial charge in [0.25, 0.3) is 0 Å². The van der Waals surface area contributed by atoms with E-state index in [4.69, 9.17) is 5.73 Å². The summed E-state index contributed by atoms with van der Waals surface area (Å²) in [6.07, 6.45) is 0. The molecule has 7 heteroatoms. The maximum atomic E-state index is 11.6. The lowest BCUT2D eigenvalue weighted by molar-refractivity contribution is -0.120. The van der Waals surface area contributed by atoms with Gasteiger partial charge in [0, 0.05) is 22.4 Å². The molecule has 0 saturated carbocycles. The quantitative estimate of drug-likeness (QED) is 0.690. The first-order valence-electron chi connectivity index (χ1n) is 6.19. The second kappa shape index (κ2) is 8.36. The molecule has 0 bridgehead atoms. The van der Waals surface area contributed by atoms with E-state index in [9.17, 15) is 4.79 Å². The lowest BCUT2D eigenvalue weighted by Crippen LogP contribution is -2.38. The van der Waals surface area contributed by atoms with Crippen molar-refractivity contribution in [1.82, 2.24) is 10.2 Å². The average molecular weight is 413 g/mol. The molecular formula is C12H19Br2N3OS. The number of likely N-dealkylation sites (N-methyl/N-ethyl adjacent to an activating group) is 1. The second-order valence-electron chi connectivity index (χ2n) is 4.09. The van der Waals surface area contributed by atoms with Crippen molar-refractivity contribution in [2.75, 3.05) is 26.2 Å². The Balaban J connectivity index is 2.61.